The number of rotatable bonds is 1. The van der Waals surface area contributed by atoms with Gasteiger partial charge in [0.25, 0.3) is 0 Å². The summed E-state index contributed by atoms with van der Waals surface area (Å²) in [6.45, 7) is 0. The van der Waals surface area contributed by atoms with Crippen molar-refractivity contribution in [1.29, 1.82) is 0 Å². The van der Waals surface area contributed by atoms with Crippen LogP contribution in [0.1, 0.15) is 11.8 Å². The van der Waals surface area contributed by atoms with E-state index in [9.17, 15) is 4.39 Å². The van der Waals surface area contributed by atoms with E-state index in [0.717, 1.165) is 6.20 Å². The molecule has 56 valence electrons. The van der Waals surface area contributed by atoms with Crippen molar-refractivity contribution in [2.75, 3.05) is 0 Å². The molecule has 0 saturated carbocycles. The molecule has 1 aromatic rings. The lowest BCUT2D eigenvalue weighted by molar-refractivity contribution is 0.233. The van der Waals surface area contributed by atoms with Crippen LogP contribution >= 0.6 is 0 Å². The molecule has 0 aliphatic carbocycles. The maximum Gasteiger partial charge on any atom is 0.156 e. The maximum absolute atomic E-state index is 12.3. The van der Waals surface area contributed by atoms with Gasteiger partial charge in [-0.2, -0.15) is 0 Å². The number of aromatic nitrogens is 1. The van der Waals surface area contributed by atoms with Gasteiger partial charge in [-0.1, -0.05) is 5.92 Å². The molecule has 3 heteroatoms. The van der Waals surface area contributed by atoms with Crippen molar-refractivity contribution in [3.63, 3.8) is 0 Å². The van der Waals surface area contributed by atoms with E-state index in [4.69, 9.17) is 11.5 Å². The first-order valence-electron chi connectivity index (χ1n) is 2.99. The molecule has 1 atom stereocenters. The second kappa shape index (κ2) is 3.13. The van der Waals surface area contributed by atoms with Crippen LogP contribution in [-0.4, -0.2) is 10.1 Å². The van der Waals surface area contributed by atoms with Gasteiger partial charge in [-0.15, -0.1) is 6.42 Å². The monoisotopic (exact) mass is 151 g/mol. The Bertz CT molecular complexity index is 275. The highest BCUT2D eigenvalue weighted by Gasteiger charge is 2.03. The number of nitrogens with zero attached hydrogens (tertiary/aromatic N) is 1. The molecule has 0 spiro atoms. The van der Waals surface area contributed by atoms with Crippen LogP contribution in [0.15, 0.2) is 18.3 Å². The predicted molar refractivity (Wildman–Crippen MR) is 38.0 cm³/mol. The molecule has 0 amide bonds. The van der Waals surface area contributed by atoms with Gasteiger partial charge in [-0.25, -0.2) is 4.39 Å². The highest BCUT2D eigenvalue weighted by molar-refractivity contribution is 5.15. The predicted octanol–water partition coefficient (Wildman–Crippen LogP) is 0.887. The summed E-state index contributed by atoms with van der Waals surface area (Å²) < 4.78 is 12.3. The van der Waals surface area contributed by atoms with E-state index < -0.39 is 11.9 Å². The standard InChI is InChI=1S/C8H6FNO/c1-2-8(11)7-4-3-6(9)5-10-7/h1,3-5,8,11H. The number of hydrogen-bond donors (Lipinski definition) is 1. The summed E-state index contributed by atoms with van der Waals surface area (Å²) in [5.74, 6) is 1.62. The molecule has 0 aliphatic rings. The molecule has 11 heavy (non-hydrogen) atoms. The minimum atomic E-state index is -1.05. The van der Waals surface area contributed by atoms with Crippen LogP contribution in [-0.2, 0) is 0 Å². The van der Waals surface area contributed by atoms with E-state index in [1.54, 1.807) is 0 Å². The Hall–Kier alpha value is -1.40. The molecule has 0 radical (unpaired) electrons. The van der Waals surface area contributed by atoms with Gasteiger partial charge in [0, 0.05) is 0 Å². The van der Waals surface area contributed by atoms with Crippen molar-refractivity contribution < 1.29 is 9.50 Å². The zero-order chi connectivity index (χ0) is 8.27. The fourth-order valence-corrected chi connectivity index (χ4v) is 0.634. The fourth-order valence-electron chi connectivity index (χ4n) is 0.634. The van der Waals surface area contributed by atoms with Crippen LogP contribution in [0.3, 0.4) is 0 Å². The summed E-state index contributed by atoms with van der Waals surface area (Å²) in [6, 6.07) is 2.54. The summed E-state index contributed by atoms with van der Waals surface area (Å²) >= 11 is 0. The van der Waals surface area contributed by atoms with Crippen molar-refractivity contribution in [3.05, 3.63) is 29.8 Å². The lowest BCUT2D eigenvalue weighted by atomic mass is 10.2. The zero-order valence-electron chi connectivity index (χ0n) is 5.66. The van der Waals surface area contributed by atoms with Crippen molar-refractivity contribution >= 4 is 0 Å². The Labute approximate surface area is 63.7 Å². The SMILES string of the molecule is C#CC(O)c1ccc(F)cn1. The van der Waals surface area contributed by atoms with Crippen molar-refractivity contribution in [3.8, 4) is 12.3 Å². The maximum atomic E-state index is 12.3. The Kier molecular flexibility index (Phi) is 2.19. The molecule has 0 aliphatic heterocycles. The molecule has 1 aromatic heterocycles. The molecule has 1 rings (SSSR count). The van der Waals surface area contributed by atoms with Crippen LogP contribution < -0.4 is 0 Å². The first-order chi connectivity index (χ1) is 5.24. The lowest BCUT2D eigenvalue weighted by Crippen LogP contribution is -1.96. The van der Waals surface area contributed by atoms with E-state index in [2.05, 4.69) is 10.9 Å². The Morgan fingerprint density at radius 1 is 1.64 bits per heavy atom. The molecule has 0 aromatic carbocycles. The minimum Gasteiger partial charge on any atom is -0.374 e. The van der Waals surface area contributed by atoms with E-state index in [0.29, 0.717) is 0 Å². The third-order valence-corrected chi connectivity index (χ3v) is 1.19. The molecule has 0 fully saturated rings. The molecule has 1 N–H and O–H groups in total. The second-order valence-electron chi connectivity index (χ2n) is 1.97. The summed E-state index contributed by atoms with van der Waals surface area (Å²) in [4.78, 5) is 3.58. The van der Waals surface area contributed by atoms with Crippen molar-refractivity contribution in [1.82, 2.24) is 4.98 Å². The quantitative estimate of drug-likeness (QED) is 0.604. The number of aliphatic hydroxyl groups is 1. The lowest BCUT2D eigenvalue weighted by Gasteiger charge is -2.00. The van der Waals surface area contributed by atoms with Gasteiger partial charge in [-0.05, 0) is 12.1 Å². The van der Waals surface area contributed by atoms with Gasteiger partial charge in [0.05, 0.1) is 11.9 Å². The van der Waals surface area contributed by atoms with Crippen LogP contribution in [0.4, 0.5) is 4.39 Å². The largest absolute Gasteiger partial charge is 0.374 e. The Balaban J connectivity index is 2.92. The van der Waals surface area contributed by atoms with Crippen molar-refractivity contribution in [2.24, 2.45) is 0 Å². The van der Waals surface area contributed by atoms with E-state index in [1.165, 1.54) is 12.1 Å². The third kappa shape index (κ3) is 1.76. The van der Waals surface area contributed by atoms with E-state index >= 15 is 0 Å². The van der Waals surface area contributed by atoms with Crippen LogP contribution in [0.5, 0.6) is 0 Å². The second-order valence-corrected chi connectivity index (χ2v) is 1.97. The van der Waals surface area contributed by atoms with Gasteiger partial charge >= 0.3 is 0 Å². The Morgan fingerprint density at radius 3 is 2.82 bits per heavy atom. The Morgan fingerprint density at radius 2 is 2.36 bits per heavy atom. The van der Waals surface area contributed by atoms with Gasteiger partial charge in [0.1, 0.15) is 5.82 Å². The van der Waals surface area contributed by atoms with Crippen LogP contribution in [0.2, 0.25) is 0 Å². The highest BCUT2D eigenvalue weighted by atomic mass is 19.1. The molecule has 0 saturated heterocycles. The van der Waals surface area contributed by atoms with Crippen LogP contribution in [0, 0.1) is 18.2 Å². The van der Waals surface area contributed by atoms with Gasteiger partial charge < -0.3 is 5.11 Å². The normalized spacial score (nSPS) is 12.1. The first-order valence-corrected chi connectivity index (χ1v) is 2.99. The van der Waals surface area contributed by atoms with E-state index in [-0.39, 0.29) is 5.69 Å². The highest BCUT2D eigenvalue weighted by Crippen LogP contribution is 2.07. The summed E-state index contributed by atoms with van der Waals surface area (Å²) in [5, 5.41) is 9.00. The summed E-state index contributed by atoms with van der Waals surface area (Å²) in [5.41, 5.74) is 0.286. The topological polar surface area (TPSA) is 33.1 Å². The number of hydrogen-bond acceptors (Lipinski definition) is 2. The average molecular weight is 151 g/mol. The molecule has 1 unspecified atom stereocenters. The first kappa shape index (κ1) is 7.70. The number of pyridine rings is 1. The fraction of sp³-hybridized carbons (Fsp3) is 0.125. The van der Waals surface area contributed by atoms with Gasteiger partial charge in [-0.3, -0.25) is 4.98 Å². The average Bonchev–Trinajstić information content (AvgIpc) is 2.05. The zero-order valence-corrected chi connectivity index (χ0v) is 5.66. The molecule has 0 bridgehead atoms. The smallest absolute Gasteiger partial charge is 0.156 e. The van der Waals surface area contributed by atoms with Gasteiger partial charge in [0.2, 0.25) is 0 Å². The van der Waals surface area contributed by atoms with Gasteiger partial charge in [0.15, 0.2) is 6.10 Å². The summed E-state index contributed by atoms with van der Waals surface area (Å²) in [6.07, 6.45) is 4.87. The van der Waals surface area contributed by atoms with Crippen LogP contribution in [0.25, 0.3) is 0 Å². The third-order valence-electron chi connectivity index (χ3n) is 1.19. The van der Waals surface area contributed by atoms with E-state index in [1.807, 2.05) is 0 Å². The number of halogens is 1. The molecule has 2 nitrogen and oxygen atoms in total. The van der Waals surface area contributed by atoms with Crippen molar-refractivity contribution in [2.45, 2.75) is 6.10 Å². The molecular weight excluding hydrogens is 145 g/mol. The molecule has 1 heterocycles. The molecular formula is C8H6FNO. The number of aliphatic hydroxyl groups excluding tert-OH is 1. The minimum absolute atomic E-state index is 0.286. The summed E-state index contributed by atoms with van der Waals surface area (Å²) in [7, 11) is 0. The number of terminal acetylenes is 1.